The van der Waals surface area contributed by atoms with E-state index in [4.69, 9.17) is 16.3 Å². The van der Waals surface area contributed by atoms with Gasteiger partial charge in [-0.25, -0.2) is 4.39 Å². The van der Waals surface area contributed by atoms with Gasteiger partial charge in [0.2, 0.25) is 0 Å². The van der Waals surface area contributed by atoms with Crippen LogP contribution < -0.4 is 10.1 Å². The van der Waals surface area contributed by atoms with Gasteiger partial charge in [0.15, 0.2) is 5.78 Å². The van der Waals surface area contributed by atoms with Gasteiger partial charge in [-0.15, -0.1) is 0 Å². The molecule has 0 aromatic heterocycles. The van der Waals surface area contributed by atoms with E-state index >= 15 is 0 Å². The number of ketones is 1. The van der Waals surface area contributed by atoms with Crippen molar-refractivity contribution in [2.24, 2.45) is 0 Å². The summed E-state index contributed by atoms with van der Waals surface area (Å²) in [5, 5.41) is 3.55. The molecule has 0 heterocycles. The summed E-state index contributed by atoms with van der Waals surface area (Å²) in [6, 6.07) is 20.0. The van der Waals surface area contributed by atoms with E-state index in [9.17, 15) is 9.18 Å². The van der Waals surface area contributed by atoms with Crippen LogP contribution in [0.4, 0.5) is 10.1 Å². The zero-order valence-electron chi connectivity index (χ0n) is 14.6. The Bertz CT molecular complexity index is 966. The molecule has 1 N–H and O–H groups in total. The third-order valence-electron chi connectivity index (χ3n) is 3.94. The number of hydrogen-bond acceptors (Lipinski definition) is 3. The molecule has 0 aliphatic carbocycles. The van der Waals surface area contributed by atoms with Crippen molar-refractivity contribution < 1.29 is 13.9 Å². The SMILES string of the molecule is COc1ccc(/C(=C\C(=O)c2ccccc2Cl)Nc2ccc(F)cc2)cc1. The monoisotopic (exact) mass is 381 g/mol. The van der Waals surface area contributed by atoms with E-state index in [0.717, 1.165) is 5.56 Å². The van der Waals surface area contributed by atoms with Crippen LogP contribution >= 0.6 is 11.6 Å². The van der Waals surface area contributed by atoms with Crippen LogP contribution in [0.15, 0.2) is 78.9 Å². The van der Waals surface area contributed by atoms with Crippen molar-refractivity contribution in [3.05, 3.63) is 101 Å². The summed E-state index contributed by atoms with van der Waals surface area (Å²) in [5.74, 6) is 0.140. The van der Waals surface area contributed by atoms with Gasteiger partial charge in [-0.05, 0) is 66.2 Å². The second-order valence-corrected chi connectivity index (χ2v) is 6.17. The van der Waals surface area contributed by atoms with Gasteiger partial charge in [0.25, 0.3) is 0 Å². The van der Waals surface area contributed by atoms with Crippen LogP contribution in [0.5, 0.6) is 5.75 Å². The summed E-state index contributed by atoms with van der Waals surface area (Å²) in [5.41, 5.74) is 2.41. The van der Waals surface area contributed by atoms with Crippen LogP contribution in [-0.4, -0.2) is 12.9 Å². The predicted molar refractivity (Wildman–Crippen MR) is 107 cm³/mol. The first-order valence-corrected chi connectivity index (χ1v) is 8.62. The summed E-state index contributed by atoms with van der Waals surface area (Å²) < 4.78 is 18.4. The maximum Gasteiger partial charge on any atom is 0.189 e. The molecule has 5 heteroatoms. The van der Waals surface area contributed by atoms with Crippen molar-refractivity contribution in [2.75, 3.05) is 12.4 Å². The van der Waals surface area contributed by atoms with E-state index in [1.54, 1.807) is 55.6 Å². The number of benzene rings is 3. The highest BCUT2D eigenvalue weighted by atomic mass is 35.5. The Morgan fingerprint density at radius 1 is 1.00 bits per heavy atom. The number of carbonyl (C=O) groups is 1. The Labute approximate surface area is 162 Å². The van der Waals surface area contributed by atoms with Crippen LogP contribution in [0.25, 0.3) is 5.70 Å². The van der Waals surface area contributed by atoms with Crippen LogP contribution in [0, 0.1) is 5.82 Å². The van der Waals surface area contributed by atoms with Gasteiger partial charge in [-0.2, -0.15) is 0 Å². The molecule has 3 nitrogen and oxygen atoms in total. The number of anilines is 1. The van der Waals surface area contributed by atoms with Gasteiger partial charge >= 0.3 is 0 Å². The minimum absolute atomic E-state index is 0.235. The summed E-state index contributed by atoms with van der Waals surface area (Å²) in [6.07, 6.45) is 1.48. The second-order valence-electron chi connectivity index (χ2n) is 5.76. The van der Waals surface area contributed by atoms with Gasteiger partial charge in [0, 0.05) is 23.0 Å². The van der Waals surface area contributed by atoms with Crippen molar-refractivity contribution >= 4 is 28.8 Å². The first kappa shape index (κ1) is 18.7. The van der Waals surface area contributed by atoms with Crippen LogP contribution in [0.3, 0.4) is 0 Å². The molecule has 0 bridgehead atoms. The maximum absolute atomic E-state index is 13.2. The van der Waals surface area contributed by atoms with Crippen molar-refractivity contribution in [2.45, 2.75) is 0 Å². The number of carbonyl (C=O) groups excluding carboxylic acids is 1. The third kappa shape index (κ3) is 4.74. The topological polar surface area (TPSA) is 38.3 Å². The predicted octanol–water partition coefficient (Wildman–Crippen LogP) is 5.82. The standard InChI is InChI=1S/C22H17ClFNO2/c1-27-18-12-6-15(7-13-18)21(25-17-10-8-16(24)9-11-17)14-22(26)19-4-2-3-5-20(19)23/h2-14,25H,1H3/b21-14+. The Morgan fingerprint density at radius 3 is 2.30 bits per heavy atom. The highest BCUT2D eigenvalue weighted by molar-refractivity contribution is 6.34. The molecule has 0 radical (unpaired) electrons. The van der Waals surface area contributed by atoms with Gasteiger partial charge < -0.3 is 10.1 Å². The number of nitrogens with one attached hydrogen (secondary N) is 1. The Hall–Kier alpha value is -3.11. The van der Waals surface area contributed by atoms with Crippen LogP contribution in [0.1, 0.15) is 15.9 Å². The smallest absolute Gasteiger partial charge is 0.189 e. The zero-order chi connectivity index (χ0) is 19.2. The summed E-state index contributed by atoms with van der Waals surface area (Å²) >= 11 is 6.14. The fourth-order valence-corrected chi connectivity index (χ4v) is 2.75. The molecule has 0 aliphatic heterocycles. The molecule has 0 aliphatic rings. The molecule has 3 aromatic rings. The van der Waals surface area contributed by atoms with E-state index in [-0.39, 0.29) is 11.6 Å². The number of ether oxygens (including phenoxy) is 1. The average molecular weight is 382 g/mol. The first-order chi connectivity index (χ1) is 13.1. The van der Waals surface area contributed by atoms with Crippen molar-refractivity contribution in [3.63, 3.8) is 0 Å². The summed E-state index contributed by atoms with van der Waals surface area (Å²) in [7, 11) is 1.59. The molecule has 0 saturated carbocycles. The number of allylic oxidation sites excluding steroid dienone is 1. The van der Waals surface area contributed by atoms with Crippen molar-refractivity contribution in [1.82, 2.24) is 0 Å². The van der Waals surface area contributed by atoms with Crippen LogP contribution in [-0.2, 0) is 0 Å². The molecule has 136 valence electrons. The second kappa shape index (κ2) is 8.52. The number of halogens is 2. The first-order valence-electron chi connectivity index (χ1n) is 8.24. The number of hydrogen-bond donors (Lipinski definition) is 1. The quantitative estimate of drug-likeness (QED) is 0.431. The molecular weight excluding hydrogens is 365 g/mol. The number of methoxy groups -OCH3 is 1. The molecular formula is C22H17ClFNO2. The van der Waals surface area contributed by atoms with E-state index in [1.807, 2.05) is 12.1 Å². The highest BCUT2D eigenvalue weighted by Crippen LogP contribution is 2.24. The number of rotatable bonds is 6. The van der Waals surface area contributed by atoms with Gasteiger partial charge in [-0.3, -0.25) is 4.79 Å². The third-order valence-corrected chi connectivity index (χ3v) is 4.27. The minimum Gasteiger partial charge on any atom is -0.497 e. The van der Waals surface area contributed by atoms with Crippen molar-refractivity contribution in [3.8, 4) is 5.75 Å². The van der Waals surface area contributed by atoms with E-state index in [1.165, 1.54) is 18.2 Å². The zero-order valence-corrected chi connectivity index (χ0v) is 15.3. The van der Waals surface area contributed by atoms with Gasteiger partial charge in [-0.1, -0.05) is 23.7 Å². The van der Waals surface area contributed by atoms with E-state index in [2.05, 4.69) is 5.32 Å². The van der Waals surface area contributed by atoms with E-state index in [0.29, 0.717) is 27.7 Å². The molecule has 0 fully saturated rings. The van der Waals surface area contributed by atoms with E-state index < -0.39 is 0 Å². The maximum atomic E-state index is 13.2. The largest absolute Gasteiger partial charge is 0.497 e. The minimum atomic E-state index is -0.331. The summed E-state index contributed by atoms with van der Waals surface area (Å²) in [4.78, 5) is 12.7. The van der Waals surface area contributed by atoms with Crippen molar-refractivity contribution in [1.29, 1.82) is 0 Å². The lowest BCUT2D eigenvalue weighted by atomic mass is 10.1. The Balaban J connectivity index is 1.98. The lowest BCUT2D eigenvalue weighted by Gasteiger charge is -2.12. The van der Waals surface area contributed by atoms with Gasteiger partial charge in [0.1, 0.15) is 11.6 Å². The normalized spacial score (nSPS) is 11.1. The molecule has 0 unspecified atom stereocenters. The lowest BCUT2D eigenvalue weighted by Crippen LogP contribution is -2.04. The molecule has 0 amide bonds. The molecule has 0 atom stereocenters. The molecule has 0 spiro atoms. The van der Waals surface area contributed by atoms with Gasteiger partial charge in [0.05, 0.1) is 12.1 Å². The Kier molecular flexibility index (Phi) is 5.89. The molecule has 27 heavy (non-hydrogen) atoms. The summed E-state index contributed by atoms with van der Waals surface area (Å²) in [6.45, 7) is 0. The highest BCUT2D eigenvalue weighted by Gasteiger charge is 2.11. The molecule has 3 rings (SSSR count). The average Bonchev–Trinajstić information content (AvgIpc) is 2.69. The lowest BCUT2D eigenvalue weighted by molar-refractivity contribution is 0.104. The Morgan fingerprint density at radius 2 is 1.67 bits per heavy atom. The van der Waals surface area contributed by atoms with Crippen LogP contribution in [0.2, 0.25) is 5.02 Å². The fourth-order valence-electron chi connectivity index (χ4n) is 2.52. The molecule has 0 saturated heterocycles. The molecule has 3 aromatic carbocycles. The fraction of sp³-hybridized carbons (Fsp3) is 0.0455.